The fraction of sp³-hybridized carbons (Fsp3) is 0.258. The van der Waals surface area contributed by atoms with Gasteiger partial charge in [0.05, 0.1) is 25.7 Å². The number of hydrazine groups is 1. The van der Waals surface area contributed by atoms with Gasteiger partial charge >= 0.3 is 6.03 Å². The summed E-state index contributed by atoms with van der Waals surface area (Å²) in [7, 11) is 0. The van der Waals surface area contributed by atoms with Crippen LogP contribution in [0.3, 0.4) is 0 Å². The molecular weight excluding hydrogens is 490 g/mol. The van der Waals surface area contributed by atoms with E-state index >= 15 is 0 Å². The largest absolute Gasteiger partial charge is 0.334 e. The van der Waals surface area contributed by atoms with Crippen molar-refractivity contribution in [2.75, 3.05) is 19.6 Å². The van der Waals surface area contributed by atoms with E-state index in [4.69, 9.17) is 6.42 Å². The Morgan fingerprint density at radius 2 is 1.59 bits per heavy atom. The molecule has 2 aliphatic rings. The number of hydrogen-bond acceptors (Lipinski definition) is 4. The molecule has 0 bridgehead atoms. The third-order valence-electron chi connectivity index (χ3n) is 7.30. The zero-order valence-electron chi connectivity index (χ0n) is 21.8. The number of nitrogens with one attached hydrogen (secondary N) is 1. The minimum absolute atomic E-state index is 0.0764. The second-order valence-electron chi connectivity index (χ2n) is 9.69. The molecule has 2 saturated heterocycles. The van der Waals surface area contributed by atoms with E-state index in [1.54, 1.807) is 14.8 Å². The lowest BCUT2D eigenvalue weighted by Crippen LogP contribution is -2.74. The summed E-state index contributed by atoms with van der Waals surface area (Å²) in [5.74, 6) is 2.14. The highest BCUT2D eigenvalue weighted by molar-refractivity contribution is 5.92. The molecule has 2 fully saturated rings. The fourth-order valence-electron chi connectivity index (χ4n) is 5.36. The van der Waals surface area contributed by atoms with E-state index in [0.717, 1.165) is 11.1 Å². The van der Waals surface area contributed by atoms with Crippen LogP contribution < -0.4 is 5.32 Å². The second-order valence-corrected chi connectivity index (χ2v) is 9.69. The van der Waals surface area contributed by atoms with Crippen LogP contribution in [-0.2, 0) is 16.1 Å². The number of rotatable bonds is 6. The molecule has 0 spiro atoms. The number of carbonyl (C=O) groups is 3. The maximum atomic E-state index is 14.1. The smallest absolute Gasteiger partial charge is 0.333 e. The molecule has 8 nitrogen and oxygen atoms in total. The van der Waals surface area contributed by atoms with Crippen LogP contribution in [0.4, 0.5) is 4.79 Å². The summed E-state index contributed by atoms with van der Waals surface area (Å²) in [5, 5.41) is 6.10. The van der Waals surface area contributed by atoms with Crippen molar-refractivity contribution in [3.05, 3.63) is 108 Å². The number of nitrogens with zero attached hydrogens (tertiary/aromatic N) is 4. The third kappa shape index (κ3) is 5.22. The molecule has 3 aromatic rings. The molecule has 0 saturated carbocycles. The first-order valence-electron chi connectivity index (χ1n) is 13.0. The fourth-order valence-corrected chi connectivity index (χ4v) is 5.36. The molecule has 3 atom stereocenters. The zero-order chi connectivity index (χ0) is 27.4. The van der Waals surface area contributed by atoms with Crippen molar-refractivity contribution in [2.24, 2.45) is 0 Å². The van der Waals surface area contributed by atoms with E-state index in [1.807, 2.05) is 97.9 Å². The Balaban J connectivity index is 1.54. The van der Waals surface area contributed by atoms with Crippen LogP contribution in [0.2, 0.25) is 0 Å². The Morgan fingerprint density at radius 1 is 0.974 bits per heavy atom. The lowest BCUT2D eigenvalue weighted by Gasteiger charge is -2.55. The molecule has 198 valence electrons. The van der Waals surface area contributed by atoms with Gasteiger partial charge in [0.25, 0.3) is 5.91 Å². The lowest BCUT2D eigenvalue weighted by molar-refractivity contribution is -0.191. The van der Waals surface area contributed by atoms with Gasteiger partial charge in [0, 0.05) is 6.54 Å². The molecule has 4 amide bonds. The average molecular weight is 522 g/mol. The molecule has 0 unspecified atom stereocenters. The molecule has 3 aromatic carbocycles. The number of piperazine rings is 1. The van der Waals surface area contributed by atoms with Crippen molar-refractivity contribution in [3.8, 4) is 12.3 Å². The van der Waals surface area contributed by atoms with Crippen molar-refractivity contribution in [1.29, 1.82) is 0 Å². The number of terminal acetylenes is 1. The van der Waals surface area contributed by atoms with Crippen LogP contribution in [0.1, 0.15) is 35.7 Å². The van der Waals surface area contributed by atoms with Gasteiger partial charge in [-0.1, -0.05) is 96.9 Å². The first-order valence-corrected chi connectivity index (χ1v) is 13.0. The van der Waals surface area contributed by atoms with Crippen LogP contribution >= 0.6 is 0 Å². The average Bonchev–Trinajstić information content (AvgIpc) is 2.97. The number of urea groups is 1. The summed E-state index contributed by atoms with van der Waals surface area (Å²) in [5.41, 5.74) is 2.61. The summed E-state index contributed by atoms with van der Waals surface area (Å²) < 4.78 is 0. The SMILES string of the molecule is C#CCN1CC(=O)N2[C@@H](c3ccccc3)C(=O)N([C@@H](C)c3ccccc3)C[C@@H]2N1C(=O)NCc1ccccc1. The quantitative estimate of drug-likeness (QED) is 0.504. The highest BCUT2D eigenvalue weighted by Gasteiger charge is 2.52. The van der Waals surface area contributed by atoms with Gasteiger partial charge in [0.2, 0.25) is 5.91 Å². The zero-order valence-corrected chi connectivity index (χ0v) is 21.8. The van der Waals surface area contributed by atoms with E-state index in [1.165, 1.54) is 5.01 Å². The van der Waals surface area contributed by atoms with Crippen LogP contribution in [0, 0.1) is 12.3 Å². The first kappa shape index (κ1) is 26.0. The van der Waals surface area contributed by atoms with E-state index in [-0.39, 0.29) is 43.5 Å². The molecule has 0 aromatic heterocycles. The normalized spacial score (nSPS) is 20.3. The summed E-state index contributed by atoms with van der Waals surface area (Å²) in [4.78, 5) is 44.8. The van der Waals surface area contributed by atoms with E-state index in [0.29, 0.717) is 12.1 Å². The first-order chi connectivity index (χ1) is 19.0. The number of hydrogen-bond donors (Lipinski definition) is 1. The van der Waals surface area contributed by atoms with Crippen LogP contribution in [0.25, 0.3) is 0 Å². The maximum Gasteiger partial charge on any atom is 0.334 e. The minimum atomic E-state index is -0.874. The number of benzene rings is 3. The van der Waals surface area contributed by atoms with Crippen molar-refractivity contribution in [3.63, 3.8) is 0 Å². The minimum Gasteiger partial charge on any atom is -0.333 e. The van der Waals surface area contributed by atoms with Crippen LogP contribution in [0.5, 0.6) is 0 Å². The van der Waals surface area contributed by atoms with Crippen molar-refractivity contribution < 1.29 is 14.4 Å². The van der Waals surface area contributed by atoms with Gasteiger partial charge in [-0.25, -0.2) is 9.80 Å². The molecular formula is C31H31N5O3. The summed E-state index contributed by atoms with van der Waals surface area (Å²) in [6, 6.07) is 27.1. The summed E-state index contributed by atoms with van der Waals surface area (Å²) >= 11 is 0. The third-order valence-corrected chi connectivity index (χ3v) is 7.30. The number of fused-ring (bicyclic) bond motifs is 1. The highest BCUT2D eigenvalue weighted by atomic mass is 16.2. The van der Waals surface area contributed by atoms with Crippen molar-refractivity contribution in [2.45, 2.75) is 31.7 Å². The van der Waals surface area contributed by atoms with Gasteiger partial charge in [-0.2, -0.15) is 5.01 Å². The van der Waals surface area contributed by atoms with Crippen molar-refractivity contribution in [1.82, 2.24) is 25.1 Å². The molecule has 2 heterocycles. The van der Waals surface area contributed by atoms with Crippen LogP contribution in [0.15, 0.2) is 91.0 Å². The Labute approximate surface area is 228 Å². The summed E-state index contributed by atoms with van der Waals surface area (Å²) in [6.07, 6.45) is 4.91. The standard InChI is InChI=1S/C31H31N5O3/c1-3-19-33-22-28(37)35-27(36(33)31(39)32-20-24-13-7-4-8-14-24)21-34(23(2)25-15-9-5-10-16-25)30(38)29(35)26-17-11-6-12-18-26/h1,4-18,23,27,29H,19-22H2,2H3,(H,32,39)/t23-,27-,29-/m0/s1. The van der Waals surface area contributed by atoms with Gasteiger partial charge in [-0.05, 0) is 23.6 Å². The van der Waals surface area contributed by atoms with Gasteiger partial charge in [-0.15, -0.1) is 6.42 Å². The number of amides is 4. The van der Waals surface area contributed by atoms with Gasteiger partial charge in [0.15, 0.2) is 0 Å². The van der Waals surface area contributed by atoms with E-state index in [2.05, 4.69) is 11.2 Å². The van der Waals surface area contributed by atoms with Gasteiger partial charge < -0.3 is 15.1 Å². The molecule has 39 heavy (non-hydrogen) atoms. The predicted molar refractivity (Wildman–Crippen MR) is 147 cm³/mol. The Bertz CT molecular complexity index is 1360. The van der Waals surface area contributed by atoms with E-state index in [9.17, 15) is 14.4 Å². The topological polar surface area (TPSA) is 76.2 Å². The Hall–Kier alpha value is -4.61. The molecule has 0 aliphatic carbocycles. The summed E-state index contributed by atoms with van der Waals surface area (Å²) in [6.45, 7) is 2.39. The molecule has 1 N–H and O–H groups in total. The van der Waals surface area contributed by atoms with Crippen molar-refractivity contribution >= 4 is 17.8 Å². The van der Waals surface area contributed by atoms with Crippen LogP contribution in [-0.4, -0.2) is 63.5 Å². The van der Waals surface area contributed by atoms with E-state index < -0.39 is 12.2 Å². The Kier molecular flexibility index (Phi) is 7.62. The van der Waals surface area contributed by atoms with Gasteiger partial charge in [0.1, 0.15) is 12.2 Å². The molecule has 5 rings (SSSR count). The second kappa shape index (κ2) is 11.4. The number of carbonyl (C=O) groups excluding carboxylic acids is 3. The molecule has 0 radical (unpaired) electrons. The molecule has 8 heteroatoms. The lowest BCUT2D eigenvalue weighted by atomic mass is 9.96. The predicted octanol–water partition coefficient (Wildman–Crippen LogP) is 3.56. The molecule has 2 aliphatic heterocycles. The Morgan fingerprint density at radius 3 is 2.23 bits per heavy atom. The monoisotopic (exact) mass is 521 g/mol. The highest BCUT2D eigenvalue weighted by Crippen LogP contribution is 2.38. The maximum absolute atomic E-state index is 14.1. The van der Waals surface area contributed by atoms with Gasteiger partial charge in [-0.3, -0.25) is 9.59 Å².